The van der Waals surface area contributed by atoms with Crippen LogP contribution in [0.2, 0.25) is 0 Å². The first-order valence-corrected chi connectivity index (χ1v) is 6.76. The van der Waals surface area contributed by atoms with Crippen LogP contribution in [0.1, 0.15) is 11.4 Å². The van der Waals surface area contributed by atoms with Gasteiger partial charge in [-0.1, -0.05) is 47.4 Å². The fourth-order valence-electron chi connectivity index (χ4n) is 2.49. The monoisotopic (exact) mass is 261 g/mol. The third kappa shape index (κ3) is 2.21. The molecule has 0 fully saturated rings. The van der Waals surface area contributed by atoms with Crippen LogP contribution in [-0.2, 0) is 0 Å². The number of aromatic nitrogens is 2. The molecule has 1 heterocycles. The molecule has 98 valence electrons. The summed E-state index contributed by atoms with van der Waals surface area (Å²) >= 11 is 0. The van der Waals surface area contributed by atoms with Gasteiger partial charge in [0.2, 0.25) is 0 Å². The van der Waals surface area contributed by atoms with Gasteiger partial charge in [-0.2, -0.15) is 4.57 Å². The molecule has 2 aromatic carbocycles. The van der Waals surface area contributed by atoms with Crippen molar-refractivity contribution in [1.29, 1.82) is 0 Å². The van der Waals surface area contributed by atoms with Crippen molar-refractivity contribution in [3.05, 3.63) is 78.4 Å². The number of nitrogens with zero attached hydrogens (tertiary/aromatic N) is 2. The molecule has 3 rings (SSSR count). The average molecular weight is 261 g/mol. The molecule has 0 aliphatic carbocycles. The molecule has 0 aliphatic heterocycles. The normalized spacial score (nSPS) is 10.5. The average Bonchev–Trinajstić information content (AvgIpc) is 2.48. The molecule has 0 saturated carbocycles. The van der Waals surface area contributed by atoms with E-state index >= 15 is 0 Å². The number of benzene rings is 2. The second-order valence-electron chi connectivity index (χ2n) is 4.87. The van der Waals surface area contributed by atoms with Crippen molar-refractivity contribution in [2.45, 2.75) is 13.8 Å². The largest absolute Gasteiger partial charge is 0.300 e. The summed E-state index contributed by atoms with van der Waals surface area (Å²) in [7, 11) is 0. The van der Waals surface area contributed by atoms with Crippen molar-refractivity contribution in [1.82, 2.24) is 4.98 Å². The van der Waals surface area contributed by atoms with E-state index in [1.807, 2.05) is 19.2 Å². The molecule has 2 heteroatoms. The van der Waals surface area contributed by atoms with Crippen LogP contribution in [0.25, 0.3) is 16.8 Å². The zero-order valence-electron chi connectivity index (χ0n) is 11.7. The minimum Gasteiger partial charge on any atom is -0.200 e. The Morgan fingerprint density at radius 1 is 0.800 bits per heavy atom. The van der Waals surface area contributed by atoms with E-state index in [9.17, 15) is 0 Å². The molecule has 0 atom stereocenters. The lowest BCUT2D eigenvalue weighted by atomic mass is 9.99. The minimum atomic E-state index is 0.980. The molecule has 1 aromatic heterocycles. The van der Waals surface area contributed by atoms with E-state index in [-0.39, 0.29) is 0 Å². The van der Waals surface area contributed by atoms with Crippen molar-refractivity contribution in [2.75, 3.05) is 0 Å². The van der Waals surface area contributed by atoms with E-state index in [1.165, 1.54) is 16.7 Å². The molecule has 0 N–H and O–H groups in total. The molecule has 0 amide bonds. The second-order valence-corrected chi connectivity index (χ2v) is 4.87. The topological polar surface area (TPSA) is 16.8 Å². The van der Waals surface area contributed by atoms with Crippen LogP contribution in [0.5, 0.6) is 0 Å². The summed E-state index contributed by atoms with van der Waals surface area (Å²) in [4.78, 5) is 4.38. The molecule has 3 aromatic rings. The summed E-state index contributed by atoms with van der Waals surface area (Å²) in [5.74, 6) is 0.980. The van der Waals surface area contributed by atoms with Crippen molar-refractivity contribution < 1.29 is 4.57 Å². The maximum atomic E-state index is 4.38. The minimum absolute atomic E-state index is 0.980. The first-order chi connectivity index (χ1) is 9.77. The zero-order chi connectivity index (χ0) is 13.9. The van der Waals surface area contributed by atoms with Crippen molar-refractivity contribution in [2.24, 2.45) is 0 Å². The lowest BCUT2D eigenvalue weighted by Crippen LogP contribution is -2.35. The molecular formula is C18H17N2+. The van der Waals surface area contributed by atoms with Crippen LogP contribution in [0.15, 0.2) is 67.0 Å². The Morgan fingerprint density at radius 2 is 1.50 bits per heavy atom. The molecule has 2 nitrogen and oxygen atoms in total. The van der Waals surface area contributed by atoms with Gasteiger partial charge < -0.3 is 0 Å². The van der Waals surface area contributed by atoms with Crippen LogP contribution in [0.4, 0.5) is 0 Å². The van der Waals surface area contributed by atoms with Crippen molar-refractivity contribution >= 4 is 0 Å². The van der Waals surface area contributed by atoms with Gasteiger partial charge in [0.15, 0.2) is 0 Å². The highest BCUT2D eigenvalue weighted by Gasteiger charge is 2.14. The Bertz CT molecular complexity index is 683. The summed E-state index contributed by atoms with van der Waals surface area (Å²) in [6.45, 7) is 4.17. The maximum absolute atomic E-state index is 4.38. The van der Waals surface area contributed by atoms with Crippen LogP contribution < -0.4 is 4.57 Å². The number of hydrogen-bond acceptors (Lipinski definition) is 1. The van der Waals surface area contributed by atoms with Gasteiger partial charge in [-0.3, -0.25) is 0 Å². The summed E-state index contributed by atoms with van der Waals surface area (Å²) in [6.07, 6.45) is 3.88. The smallest absolute Gasteiger partial charge is 0.200 e. The Balaban J connectivity index is 2.25. The standard InChI is InChI=1S/C18H17N2/c1-14-8-3-4-9-16(14)17-10-5-6-11-18(17)20-13-7-12-19-15(20)2/h3-13H,1-2H3/q+1. The van der Waals surface area contributed by atoms with Crippen molar-refractivity contribution in [3.63, 3.8) is 0 Å². The van der Waals surface area contributed by atoms with E-state index in [0.29, 0.717) is 0 Å². The highest BCUT2D eigenvalue weighted by molar-refractivity contribution is 5.73. The number of hydrogen-bond donors (Lipinski definition) is 0. The number of aryl methyl sites for hydroxylation is 2. The Hall–Kier alpha value is -2.48. The molecule has 0 aliphatic rings. The van der Waals surface area contributed by atoms with Crippen LogP contribution in [0, 0.1) is 13.8 Å². The molecular weight excluding hydrogens is 244 g/mol. The molecule has 0 bridgehead atoms. The highest BCUT2D eigenvalue weighted by atomic mass is 15.0. The van der Waals surface area contributed by atoms with Gasteiger partial charge >= 0.3 is 0 Å². The fraction of sp³-hybridized carbons (Fsp3) is 0.111. The lowest BCUT2D eigenvalue weighted by Gasteiger charge is -2.10. The van der Waals surface area contributed by atoms with Crippen molar-refractivity contribution in [3.8, 4) is 16.8 Å². The summed E-state index contributed by atoms with van der Waals surface area (Å²) in [6, 6.07) is 18.9. The fourth-order valence-corrected chi connectivity index (χ4v) is 2.49. The number of para-hydroxylation sites is 1. The van der Waals surface area contributed by atoms with Crippen LogP contribution >= 0.6 is 0 Å². The second kappa shape index (κ2) is 5.25. The SMILES string of the molecule is Cc1ccccc1-c1ccccc1-[n+]1cccnc1C. The van der Waals surface area contributed by atoms with Gasteiger partial charge in [-0.25, -0.2) is 0 Å². The quantitative estimate of drug-likeness (QED) is 0.643. The van der Waals surface area contributed by atoms with Gasteiger partial charge in [-0.05, 0) is 24.1 Å². The van der Waals surface area contributed by atoms with E-state index < -0.39 is 0 Å². The third-order valence-electron chi connectivity index (χ3n) is 3.53. The van der Waals surface area contributed by atoms with E-state index in [2.05, 4.69) is 71.2 Å². The first kappa shape index (κ1) is 12.5. The lowest BCUT2D eigenvalue weighted by molar-refractivity contribution is -0.605. The molecule has 0 spiro atoms. The maximum Gasteiger partial charge on any atom is 0.300 e. The predicted octanol–water partition coefficient (Wildman–Crippen LogP) is 3.64. The van der Waals surface area contributed by atoms with Gasteiger partial charge in [0.1, 0.15) is 18.1 Å². The van der Waals surface area contributed by atoms with E-state index in [1.54, 1.807) is 0 Å². The Kier molecular flexibility index (Phi) is 3.30. The summed E-state index contributed by atoms with van der Waals surface area (Å²) in [5.41, 5.74) is 4.93. The number of rotatable bonds is 2. The molecule has 0 saturated heterocycles. The van der Waals surface area contributed by atoms with Gasteiger partial charge in [-0.15, -0.1) is 0 Å². The van der Waals surface area contributed by atoms with Gasteiger partial charge in [0.25, 0.3) is 5.82 Å². The zero-order valence-corrected chi connectivity index (χ0v) is 11.7. The third-order valence-corrected chi connectivity index (χ3v) is 3.53. The van der Waals surface area contributed by atoms with Gasteiger partial charge in [0, 0.05) is 18.6 Å². The highest BCUT2D eigenvalue weighted by Crippen LogP contribution is 2.26. The summed E-state index contributed by atoms with van der Waals surface area (Å²) in [5, 5.41) is 0. The molecule has 20 heavy (non-hydrogen) atoms. The summed E-state index contributed by atoms with van der Waals surface area (Å²) < 4.78 is 2.13. The Morgan fingerprint density at radius 3 is 2.25 bits per heavy atom. The van der Waals surface area contributed by atoms with E-state index in [4.69, 9.17) is 0 Å². The molecule has 0 unspecified atom stereocenters. The molecule has 0 radical (unpaired) electrons. The Labute approximate surface area is 119 Å². The van der Waals surface area contributed by atoms with E-state index in [0.717, 1.165) is 11.5 Å². The first-order valence-electron chi connectivity index (χ1n) is 6.76. The van der Waals surface area contributed by atoms with Crippen LogP contribution in [-0.4, -0.2) is 4.98 Å². The van der Waals surface area contributed by atoms with Crippen LogP contribution in [0.3, 0.4) is 0 Å². The van der Waals surface area contributed by atoms with Gasteiger partial charge in [0.05, 0.1) is 0 Å². The predicted molar refractivity (Wildman–Crippen MR) is 80.7 cm³/mol.